The lowest BCUT2D eigenvalue weighted by Gasteiger charge is -2.25. The Morgan fingerprint density at radius 3 is 2.29 bits per heavy atom. The molecule has 0 aliphatic heterocycles. The van der Waals surface area contributed by atoms with Gasteiger partial charge < -0.3 is 5.73 Å². The molecule has 2 unspecified atom stereocenters. The van der Waals surface area contributed by atoms with Crippen molar-refractivity contribution >= 4 is 5.91 Å². The fourth-order valence-corrected chi connectivity index (χ4v) is 1.95. The number of nitrogens with one attached hydrogen (secondary N) is 1. The molecule has 94 valence electrons. The third-order valence-corrected chi connectivity index (χ3v) is 2.96. The fraction of sp³-hybridized carbons (Fsp3) is 0.500. The van der Waals surface area contributed by atoms with Gasteiger partial charge in [-0.05, 0) is 17.9 Å². The highest BCUT2D eigenvalue weighted by Crippen LogP contribution is 2.18. The summed E-state index contributed by atoms with van der Waals surface area (Å²) in [6.45, 7) is 6.10. The number of hydrogen-bond donors (Lipinski definition) is 2. The highest BCUT2D eigenvalue weighted by atomic mass is 16.1. The Morgan fingerprint density at radius 2 is 1.88 bits per heavy atom. The van der Waals surface area contributed by atoms with Gasteiger partial charge in [-0.15, -0.1) is 0 Å². The molecule has 0 radical (unpaired) electrons. The van der Waals surface area contributed by atoms with Crippen molar-refractivity contribution < 1.29 is 4.79 Å². The van der Waals surface area contributed by atoms with Crippen LogP contribution < -0.4 is 11.1 Å². The Labute approximate surface area is 103 Å². The van der Waals surface area contributed by atoms with Crippen LogP contribution in [0.2, 0.25) is 0 Å². The molecule has 1 aromatic carbocycles. The van der Waals surface area contributed by atoms with E-state index in [-0.39, 0.29) is 23.9 Å². The van der Waals surface area contributed by atoms with Gasteiger partial charge in [-0.25, -0.2) is 0 Å². The molecule has 0 fully saturated rings. The van der Waals surface area contributed by atoms with Crippen LogP contribution >= 0.6 is 0 Å². The molecule has 1 amide bonds. The normalized spacial score (nSPS) is 14.6. The van der Waals surface area contributed by atoms with Crippen LogP contribution in [0, 0.1) is 5.92 Å². The van der Waals surface area contributed by atoms with Crippen LogP contribution in [0.15, 0.2) is 30.3 Å². The van der Waals surface area contributed by atoms with Crippen LogP contribution in [0.25, 0.3) is 0 Å². The van der Waals surface area contributed by atoms with Crippen molar-refractivity contribution in [3.63, 3.8) is 0 Å². The van der Waals surface area contributed by atoms with Crippen LogP contribution in [-0.4, -0.2) is 11.9 Å². The minimum absolute atomic E-state index is 0.177. The summed E-state index contributed by atoms with van der Waals surface area (Å²) in [4.78, 5) is 11.4. The van der Waals surface area contributed by atoms with Crippen LogP contribution in [0.3, 0.4) is 0 Å². The zero-order chi connectivity index (χ0) is 12.8. The maximum absolute atomic E-state index is 11.4. The molecule has 17 heavy (non-hydrogen) atoms. The number of rotatable bonds is 6. The van der Waals surface area contributed by atoms with Crippen molar-refractivity contribution in [3.05, 3.63) is 35.9 Å². The number of nitrogens with two attached hydrogens (primary N) is 1. The van der Waals surface area contributed by atoms with Gasteiger partial charge in [0, 0.05) is 6.04 Å². The zero-order valence-electron chi connectivity index (χ0n) is 10.8. The van der Waals surface area contributed by atoms with E-state index in [4.69, 9.17) is 5.73 Å². The Kier molecular flexibility index (Phi) is 5.16. The smallest absolute Gasteiger partial charge is 0.234 e. The molecule has 1 aromatic rings. The quantitative estimate of drug-likeness (QED) is 0.793. The summed E-state index contributed by atoms with van der Waals surface area (Å²) in [6.07, 6.45) is 0.931. The molecule has 0 bridgehead atoms. The number of carbonyl (C=O) groups excluding carboxylic acids is 1. The first-order chi connectivity index (χ1) is 8.06. The van der Waals surface area contributed by atoms with E-state index in [0.717, 1.165) is 6.42 Å². The summed E-state index contributed by atoms with van der Waals surface area (Å²) >= 11 is 0. The molecule has 0 aromatic heterocycles. The van der Waals surface area contributed by atoms with E-state index in [1.54, 1.807) is 0 Å². The Morgan fingerprint density at radius 1 is 1.29 bits per heavy atom. The van der Waals surface area contributed by atoms with Crippen molar-refractivity contribution in [1.82, 2.24) is 5.32 Å². The highest BCUT2D eigenvalue weighted by molar-refractivity contribution is 5.80. The van der Waals surface area contributed by atoms with Gasteiger partial charge in [0.05, 0.1) is 6.04 Å². The average molecular weight is 234 g/mol. The van der Waals surface area contributed by atoms with Gasteiger partial charge in [0.2, 0.25) is 5.91 Å². The molecular weight excluding hydrogens is 212 g/mol. The third kappa shape index (κ3) is 3.86. The number of hydrogen-bond acceptors (Lipinski definition) is 2. The highest BCUT2D eigenvalue weighted by Gasteiger charge is 2.22. The maximum Gasteiger partial charge on any atom is 0.234 e. The van der Waals surface area contributed by atoms with Gasteiger partial charge in [-0.3, -0.25) is 10.1 Å². The van der Waals surface area contributed by atoms with Gasteiger partial charge in [0.15, 0.2) is 0 Å². The lowest BCUT2D eigenvalue weighted by atomic mass is 9.98. The molecule has 0 aliphatic carbocycles. The SMILES string of the molecule is CCC(NC(C(N)=O)C(C)C)c1ccccc1. The van der Waals surface area contributed by atoms with Gasteiger partial charge >= 0.3 is 0 Å². The Bertz CT molecular complexity index is 348. The summed E-state index contributed by atoms with van der Waals surface area (Å²) in [5.74, 6) is -0.0837. The second-order valence-corrected chi connectivity index (χ2v) is 4.66. The van der Waals surface area contributed by atoms with Crippen molar-refractivity contribution in [3.8, 4) is 0 Å². The fourth-order valence-electron chi connectivity index (χ4n) is 1.95. The largest absolute Gasteiger partial charge is 0.368 e. The molecule has 2 atom stereocenters. The number of carbonyl (C=O) groups is 1. The maximum atomic E-state index is 11.4. The summed E-state index contributed by atoms with van der Waals surface area (Å²) in [6, 6.07) is 10.0. The van der Waals surface area contributed by atoms with E-state index in [1.165, 1.54) is 5.56 Å². The lowest BCUT2D eigenvalue weighted by Crippen LogP contribution is -2.46. The lowest BCUT2D eigenvalue weighted by molar-refractivity contribution is -0.121. The first-order valence-electron chi connectivity index (χ1n) is 6.16. The third-order valence-electron chi connectivity index (χ3n) is 2.96. The Hall–Kier alpha value is -1.35. The standard InChI is InChI=1S/C14H22N2O/c1-4-12(11-8-6-5-7-9-11)16-13(10(2)3)14(15)17/h5-10,12-13,16H,4H2,1-3H3,(H2,15,17). The minimum atomic E-state index is -0.283. The van der Waals surface area contributed by atoms with Crippen molar-refractivity contribution in [2.75, 3.05) is 0 Å². The number of amides is 1. The molecule has 0 saturated heterocycles. The Balaban J connectivity index is 2.79. The van der Waals surface area contributed by atoms with E-state index in [9.17, 15) is 4.79 Å². The number of primary amides is 1. The molecule has 0 aliphatic rings. The van der Waals surface area contributed by atoms with Gasteiger partial charge in [-0.1, -0.05) is 51.1 Å². The molecule has 3 nitrogen and oxygen atoms in total. The monoisotopic (exact) mass is 234 g/mol. The van der Waals surface area contributed by atoms with Crippen molar-refractivity contribution in [2.24, 2.45) is 11.7 Å². The van der Waals surface area contributed by atoms with Gasteiger partial charge in [0.1, 0.15) is 0 Å². The van der Waals surface area contributed by atoms with E-state index in [2.05, 4.69) is 24.4 Å². The van der Waals surface area contributed by atoms with Crippen molar-refractivity contribution in [2.45, 2.75) is 39.3 Å². The van der Waals surface area contributed by atoms with Crippen LogP contribution in [0.1, 0.15) is 38.8 Å². The predicted molar refractivity (Wildman–Crippen MR) is 70.4 cm³/mol. The van der Waals surface area contributed by atoms with Crippen molar-refractivity contribution in [1.29, 1.82) is 0 Å². The molecule has 1 rings (SSSR count). The summed E-state index contributed by atoms with van der Waals surface area (Å²) in [7, 11) is 0. The molecule has 3 heteroatoms. The van der Waals surface area contributed by atoms with Crippen LogP contribution in [0.4, 0.5) is 0 Å². The van der Waals surface area contributed by atoms with E-state index < -0.39 is 0 Å². The second-order valence-electron chi connectivity index (χ2n) is 4.66. The summed E-state index contributed by atoms with van der Waals surface area (Å²) in [5, 5.41) is 3.34. The molecule has 3 N–H and O–H groups in total. The van der Waals surface area contributed by atoms with Gasteiger partial charge in [0.25, 0.3) is 0 Å². The summed E-state index contributed by atoms with van der Waals surface area (Å²) < 4.78 is 0. The molecule has 0 saturated carbocycles. The topological polar surface area (TPSA) is 55.1 Å². The average Bonchev–Trinajstić information content (AvgIpc) is 2.30. The van der Waals surface area contributed by atoms with Crippen LogP contribution in [-0.2, 0) is 4.79 Å². The molecule has 0 spiro atoms. The molecule has 0 heterocycles. The second kappa shape index (κ2) is 6.40. The first-order valence-corrected chi connectivity index (χ1v) is 6.16. The zero-order valence-corrected chi connectivity index (χ0v) is 10.8. The van der Waals surface area contributed by atoms with Gasteiger partial charge in [-0.2, -0.15) is 0 Å². The first kappa shape index (κ1) is 13.7. The molecular formula is C14H22N2O. The summed E-state index contributed by atoms with van der Waals surface area (Å²) in [5.41, 5.74) is 6.61. The van der Waals surface area contributed by atoms with Crippen LogP contribution in [0.5, 0.6) is 0 Å². The van der Waals surface area contributed by atoms with E-state index in [0.29, 0.717) is 0 Å². The minimum Gasteiger partial charge on any atom is -0.368 e. The van der Waals surface area contributed by atoms with E-state index in [1.807, 2.05) is 32.0 Å². The van der Waals surface area contributed by atoms with E-state index >= 15 is 0 Å². The number of benzene rings is 1. The predicted octanol–water partition coefficient (Wildman–Crippen LogP) is 2.24.